The lowest BCUT2D eigenvalue weighted by Crippen LogP contribution is -2.29. The molecule has 14 nitrogen and oxygen atoms in total. The minimum absolute atomic E-state index is 0.0187. The molecule has 0 atom stereocenters. The van der Waals surface area contributed by atoms with E-state index in [-0.39, 0.29) is 11.4 Å². The molecular weight excluding hydrogens is 888 g/mol. The number of benzene rings is 4. The fourth-order valence-corrected chi connectivity index (χ4v) is 10.9. The van der Waals surface area contributed by atoms with Gasteiger partial charge < -0.3 is 4.90 Å². The van der Waals surface area contributed by atoms with E-state index in [9.17, 15) is 25.9 Å². The van der Waals surface area contributed by atoms with Crippen molar-refractivity contribution < 1.29 is 59.8 Å². The highest BCUT2D eigenvalue weighted by molar-refractivity contribution is 7.94. The summed E-state index contributed by atoms with van der Waals surface area (Å²) < 4.78 is 78.7. The minimum Gasteiger partial charge on any atom is -0.343 e. The SMILES string of the molecule is CC1(C)C(=CC=C2CCCC(C=CC3=[N+](CCS(=O)(=O)O)c4ccc5cc(SOOO)ccc5c4C3(C)C)=C2Cl)N(CCSOOO)c2ccc3cc(S(=O)(=O)O)ccc3c21. The molecule has 0 spiro atoms. The van der Waals surface area contributed by atoms with Gasteiger partial charge in [-0.25, -0.2) is 10.5 Å². The molecule has 7 rings (SSSR count). The van der Waals surface area contributed by atoms with E-state index in [2.05, 4.69) is 57.4 Å². The second-order valence-electron chi connectivity index (χ2n) is 15.8. The molecule has 2 aliphatic heterocycles. The van der Waals surface area contributed by atoms with Crippen LogP contribution in [0.4, 0.5) is 11.4 Å². The topological polar surface area (TPSA) is 192 Å². The van der Waals surface area contributed by atoms with Gasteiger partial charge in [-0.05, 0) is 114 Å². The largest absolute Gasteiger partial charge is 0.343 e. The maximum Gasteiger partial charge on any atom is 0.294 e. The van der Waals surface area contributed by atoms with E-state index in [1.54, 1.807) is 6.07 Å². The second kappa shape index (κ2) is 17.9. The van der Waals surface area contributed by atoms with Gasteiger partial charge in [-0.1, -0.05) is 65.9 Å². The Morgan fingerprint density at radius 1 is 0.836 bits per heavy atom. The van der Waals surface area contributed by atoms with Crippen LogP contribution in [0.3, 0.4) is 0 Å². The molecule has 4 aromatic rings. The average molecular weight is 933 g/mol. The molecule has 4 N–H and O–H groups in total. The van der Waals surface area contributed by atoms with E-state index in [1.807, 2.05) is 65.3 Å². The van der Waals surface area contributed by atoms with Gasteiger partial charge in [0.05, 0.1) is 22.4 Å². The first-order valence-electron chi connectivity index (χ1n) is 19.1. The third kappa shape index (κ3) is 9.24. The number of hydrogen-bond donors (Lipinski definition) is 4. The molecular formula is C42H44ClN2O12S4+. The number of hydrogen-bond acceptors (Lipinski definition) is 13. The van der Waals surface area contributed by atoms with Crippen molar-refractivity contribution in [1.82, 2.24) is 0 Å². The number of fused-ring (bicyclic) bond motifs is 6. The van der Waals surface area contributed by atoms with Gasteiger partial charge in [-0.15, -0.1) is 8.67 Å². The Kier molecular flexibility index (Phi) is 13.3. The maximum atomic E-state index is 12.0. The number of nitrogens with zero attached hydrogens (tertiary/aromatic N) is 2. The van der Waals surface area contributed by atoms with Gasteiger partial charge in [0, 0.05) is 68.8 Å². The van der Waals surface area contributed by atoms with E-state index < -0.39 is 36.8 Å². The summed E-state index contributed by atoms with van der Waals surface area (Å²) >= 11 is 9.02. The normalized spacial score (nSPS) is 19.1. The molecule has 61 heavy (non-hydrogen) atoms. The van der Waals surface area contributed by atoms with Crippen LogP contribution >= 0.6 is 35.7 Å². The van der Waals surface area contributed by atoms with Crippen LogP contribution in [0.1, 0.15) is 58.1 Å². The summed E-state index contributed by atoms with van der Waals surface area (Å²) in [5, 5.41) is 28.9. The zero-order chi connectivity index (χ0) is 43.9. The van der Waals surface area contributed by atoms with Gasteiger partial charge >= 0.3 is 0 Å². The summed E-state index contributed by atoms with van der Waals surface area (Å²) in [5.41, 5.74) is 6.12. The van der Waals surface area contributed by atoms with Crippen molar-refractivity contribution in [3.63, 3.8) is 0 Å². The van der Waals surface area contributed by atoms with E-state index in [0.29, 0.717) is 34.0 Å². The summed E-state index contributed by atoms with van der Waals surface area (Å²) in [5.74, 6) is -0.0545. The Bertz CT molecular complexity index is 2800. The smallest absolute Gasteiger partial charge is 0.294 e. The van der Waals surface area contributed by atoms with Crippen molar-refractivity contribution in [2.45, 2.75) is 67.6 Å². The molecule has 0 bridgehead atoms. The fraction of sp³-hybridized carbons (Fsp3) is 0.310. The van der Waals surface area contributed by atoms with Crippen LogP contribution in [0.15, 0.2) is 117 Å². The molecule has 19 heteroatoms. The molecule has 0 unspecified atom stereocenters. The third-order valence-electron chi connectivity index (χ3n) is 11.5. The average Bonchev–Trinajstić information content (AvgIpc) is 3.56. The molecule has 4 aromatic carbocycles. The van der Waals surface area contributed by atoms with Crippen molar-refractivity contribution in [2.24, 2.45) is 0 Å². The molecule has 0 saturated heterocycles. The first kappa shape index (κ1) is 45.4. The predicted molar refractivity (Wildman–Crippen MR) is 237 cm³/mol. The summed E-state index contributed by atoms with van der Waals surface area (Å²) in [4.78, 5) is 2.66. The zero-order valence-corrected chi connectivity index (χ0v) is 37.5. The van der Waals surface area contributed by atoms with Crippen LogP contribution in [-0.4, -0.2) is 71.3 Å². The van der Waals surface area contributed by atoms with Crippen LogP contribution in [-0.2, 0) is 49.8 Å². The third-order valence-corrected chi connectivity index (χ3v) is 14.6. The molecule has 3 aliphatic rings. The second-order valence-corrected chi connectivity index (χ2v) is 20.8. The Balaban J connectivity index is 1.26. The Hall–Kier alpha value is -3.60. The first-order chi connectivity index (χ1) is 28.9. The lowest BCUT2D eigenvalue weighted by molar-refractivity contribution is -0.432. The number of halogens is 1. The van der Waals surface area contributed by atoms with Crippen molar-refractivity contribution in [1.29, 1.82) is 0 Å². The molecule has 0 aromatic heterocycles. The maximum absolute atomic E-state index is 12.0. The van der Waals surface area contributed by atoms with Crippen molar-refractivity contribution in [3.05, 3.63) is 118 Å². The molecule has 2 heterocycles. The highest BCUT2D eigenvalue weighted by atomic mass is 35.5. The van der Waals surface area contributed by atoms with E-state index in [0.717, 1.165) is 98.1 Å². The summed E-state index contributed by atoms with van der Waals surface area (Å²) in [6, 6.07) is 17.9. The van der Waals surface area contributed by atoms with Gasteiger partial charge in [-0.3, -0.25) is 9.11 Å². The van der Waals surface area contributed by atoms with E-state index in [4.69, 9.17) is 22.1 Å². The summed E-state index contributed by atoms with van der Waals surface area (Å²) in [6.07, 6.45) is 10.3. The molecule has 0 radical (unpaired) electrons. The van der Waals surface area contributed by atoms with E-state index >= 15 is 0 Å². The Morgan fingerprint density at radius 3 is 2.26 bits per heavy atom. The quantitative estimate of drug-likeness (QED) is 0.0220. The van der Waals surface area contributed by atoms with Crippen LogP contribution in [0.25, 0.3) is 21.5 Å². The standard InChI is InChI=1S/C42H43ClN2O12S4/c1-41(2)36(44(20-22-58-56-54-46)34-17-9-29-25-31(61(51,52)53)13-15-33(29)39(34)41)18-10-26-6-5-7-27(40(26)43)11-19-37-42(3,4)38-32-14-12-30(59-57-55-47)24-28(32)8-16-35(38)45(37)21-23-60(48,49)50/h8-19,24-25H,5-7,20-23H2,1-4H3,(H3-,46,47,48,49,50,51,52,53)/p+1. The van der Waals surface area contributed by atoms with Crippen molar-refractivity contribution in [3.8, 4) is 0 Å². The van der Waals surface area contributed by atoms with Crippen LogP contribution in [0.5, 0.6) is 0 Å². The molecule has 324 valence electrons. The van der Waals surface area contributed by atoms with Crippen LogP contribution in [0.2, 0.25) is 0 Å². The Labute approximate surface area is 367 Å². The van der Waals surface area contributed by atoms with Gasteiger partial charge in [0.2, 0.25) is 5.69 Å². The number of rotatable bonds is 15. The van der Waals surface area contributed by atoms with Crippen molar-refractivity contribution in [2.75, 3.05) is 29.5 Å². The highest BCUT2D eigenvalue weighted by Gasteiger charge is 2.46. The molecule has 0 fully saturated rings. The number of anilines is 1. The lowest BCUT2D eigenvalue weighted by Gasteiger charge is -2.27. The minimum atomic E-state index is -4.41. The molecule has 1 aliphatic carbocycles. The first-order valence-corrected chi connectivity index (χ1v) is 24.2. The lowest BCUT2D eigenvalue weighted by atomic mass is 9.78. The van der Waals surface area contributed by atoms with Crippen LogP contribution in [0, 0.1) is 0 Å². The highest BCUT2D eigenvalue weighted by Crippen LogP contribution is 2.51. The van der Waals surface area contributed by atoms with Crippen molar-refractivity contribution >= 4 is 94.6 Å². The molecule has 0 saturated carbocycles. The van der Waals surface area contributed by atoms with Crippen LogP contribution < -0.4 is 4.90 Å². The van der Waals surface area contributed by atoms with Gasteiger partial charge in [0.1, 0.15) is 5.75 Å². The van der Waals surface area contributed by atoms with Gasteiger partial charge in [-0.2, -0.15) is 21.4 Å². The summed E-state index contributed by atoms with van der Waals surface area (Å²) in [7, 11) is -8.69. The Morgan fingerprint density at radius 2 is 1.54 bits per heavy atom. The summed E-state index contributed by atoms with van der Waals surface area (Å²) in [6.45, 7) is 8.82. The zero-order valence-electron chi connectivity index (χ0n) is 33.5. The molecule has 0 amide bonds. The van der Waals surface area contributed by atoms with Gasteiger partial charge in [0.25, 0.3) is 20.2 Å². The predicted octanol–water partition coefficient (Wildman–Crippen LogP) is 9.84. The number of allylic oxidation sites excluding steroid dienone is 8. The van der Waals surface area contributed by atoms with E-state index in [1.165, 1.54) is 12.1 Å². The monoisotopic (exact) mass is 931 g/mol. The fourth-order valence-electron chi connectivity index (χ4n) is 8.85. The van der Waals surface area contributed by atoms with Gasteiger partial charge in [0.15, 0.2) is 12.3 Å².